The third kappa shape index (κ3) is 3.98. The molecule has 2 aliphatic rings. The molecule has 0 aromatic heterocycles. The van der Waals surface area contributed by atoms with Gasteiger partial charge in [-0.15, -0.1) is 0 Å². The molecule has 0 spiro atoms. The largest absolute Gasteiger partial charge is 0.381 e. The lowest BCUT2D eigenvalue weighted by atomic mass is 9.91. The normalized spacial score (nSPS) is 29.4. The van der Waals surface area contributed by atoms with E-state index in [1.54, 1.807) is 0 Å². The summed E-state index contributed by atoms with van der Waals surface area (Å²) in [5.74, 6) is 1.45. The molecule has 2 fully saturated rings. The smallest absolute Gasteiger partial charge is 0.241 e. The molecule has 0 radical (unpaired) electrons. The highest BCUT2D eigenvalue weighted by Crippen LogP contribution is 2.29. The van der Waals surface area contributed by atoms with Gasteiger partial charge in [-0.25, -0.2) is 0 Å². The van der Waals surface area contributed by atoms with Gasteiger partial charge in [0.05, 0.1) is 12.2 Å². The summed E-state index contributed by atoms with van der Waals surface area (Å²) in [5, 5.41) is 3.59. The zero-order valence-electron chi connectivity index (χ0n) is 14.1. The molecule has 4 heteroatoms. The molecule has 2 saturated heterocycles. The topological polar surface area (TPSA) is 41.6 Å². The molecule has 3 atom stereocenters. The van der Waals surface area contributed by atoms with E-state index in [0.29, 0.717) is 23.8 Å². The van der Waals surface area contributed by atoms with Crippen LogP contribution in [0.3, 0.4) is 0 Å². The van der Waals surface area contributed by atoms with Crippen LogP contribution in [0.15, 0.2) is 0 Å². The molecule has 21 heavy (non-hydrogen) atoms. The first-order valence-corrected chi connectivity index (χ1v) is 8.70. The van der Waals surface area contributed by atoms with E-state index in [-0.39, 0.29) is 12.2 Å². The van der Waals surface area contributed by atoms with Crippen molar-refractivity contribution in [1.29, 1.82) is 0 Å². The van der Waals surface area contributed by atoms with Crippen molar-refractivity contribution in [2.45, 2.75) is 78.0 Å². The predicted octanol–water partition coefficient (Wildman–Crippen LogP) is 2.77. The second-order valence-electron chi connectivity index (χ2n) is 7.09. The van der Waals surface area contributed by atoms with E-state index < -0.39 is 0 Å². The number of ether oxygens (including phenoxy) is 1. The number of nitrogens with one attached hydrogen (secondary N) is 1. The number of nitrogens with zero attached hydrogens (tertiary/aromatic N) is 1. The predicted molar refractivity (Wildman–Crippen MR) is 84.9 cm³/mol. The molecule has 1 N–H and O–H groups in total. The van der Waals surface area contributed by atoms with Gasteiger partial charge >= 0.3 is 0 Å². The van der Waals surface area contributed by atoms with Crippen molar-refractivity contribution in [2.75, 3.05) is 13.2 Å². The number of amides is 1. The monoisotopic (exact) mass is 296 g/mol. The molecule has 2 rings (SSSR count). The maximum absolute atomic E-state index is 12.8. The minimum absolute atomic E-state index is 0.0174. The Kier molecular flexibility index (Phi) is 6.06. The molecule has 2 heterocycles. The highest BCUT2D eigenvalue weighted by atomic mass is 16.5. The SMILES string of the molecule is CCCC1NC(CC(C)C)C(=O)N1C(C)C1CCOCC1. The molecule has 4 nitrogen and oxygen atoms in total. The van der Waals surface area contributed by atoms with Crippen LogP contribution in [0.2, 0.25) is 0 Å². The summed E-state index contributed by atoms with van der Waals surface area (Å²) in [6.07, 6.45) is 5.49. The van der Waals surface area contributed by atoms with Crippen LogP contribution >= 0.6 is 0 Å². The second kappa shape index (κ2) is 7.59. The number of hydrogen-bond donors (Lipinski definition) is 1. The van der Waals surface area contributed by atoms with Crippen LogP contribution in [-0.4, -0.2) is 42.3 Å². The van der Waals surface area contributed by atoms with Crippen molar-refractivity contribution in [3.05, 3.63) is 0 Å². The summed E-state index contributed by atoms with van der Waals surface area (Å²) in [4.78, 5) is 15.0. The molecule has 2 aliphatic heterocycles. The summed E-state index contributed by atoms with van der Waals surface area (Å²) < 4.78 is 5.47. The van der Waals surface area contributed by atoms with Gasteiger partial charge in [0.1, 0.15) is 0 Å². The Labute approximate surface area is 129 Å². The third-order valence-corrected chi connectivity index (χ3v) is 4.94. The molecule has 1 amide bonds. The van der Waals surface area contributed by atoms with E-state index in [1.807, 2.05) is 0 Å². The van der Waals surface area contributed by atoms with E-state index in [1.165, 1.54) is 0 Å². The maximum atomic E-state index is 12.8. The van der Waals surface area contributed by atoms with Crippen molar-refractivity contribution in [2.24, 2.45) is 11.8 Å². The Morgan fingerprint density at radius 3 is 2.52 bits per heavy atom. The van der Waals surface area contributed by atoms with E-state index in [0.717, 1.165) is 45.3 Å². The number of carbonyl (C=O) groups excluding carboxylic acids is 1. The molecular weight excluding hydrogens is 264 g/mol. The Morgan fingerprint density at radius 2 is 1.95 bits per heavy atom. The molecule has 0 bridgehead atoms. The van der Waals surface area contributed by atoms with Crippen LogP contribution in [0.4, 0.5) is 0 Å². The molecule has 3 unspecified atom stereocenters. The highest BCUT2D eigenvalue weighted by molar-refractivity contribution is 5.84. The molecule has 0 aromatic rings. The summed E-state index contributed by atoms with van der Waals surface area (Å²) >= 11 is 0. The van der Waals surface area contributed by atoms with Crippen molar-refractivity contribution in [3.63, 3.8) is 0 Å². The minimum Gasteiger partial charge on any atom is -0.381 e. The Hall–Kier alpha value is -0.610. The van der Waals surface area contributed by atoms with Crippen LogP contribution in [0.25, 0.3) is 0 Å². The highest BCUT2D eigenvalue weighted by Gasteiger charge is 2.42. The number of carbonyl (C=O) groups is 1. The van der Waals surface area contributed by atoms with Gasteiger partial charge in [-0.2, -0.15) is 0 Å². The lowest BCUT2D eigenvalue weighted by molar-refractivity contribution is -0.134. The van der Waals surface area contributed by atoms with Crippen molar-refractivity contribution >= 4 is 5.91 Å². The summed E-state index contributed by atoms with van der Waals surface area (Å²) in [6.45, 7) is 10.5. The average Bonchev–Trinajstić information content (AvgIpc) is 2.75. The zero-order valence-corrected chi connectivity index (χ0v) is 14.1. The fourth-order valence-corrected chi connectivity index (χ4v) is 3.76. The number of rotatable bonds is 6. The third-order valence-electron chi connectivity index (χ3n) is 4.94. The van der Waals surface area contributed by atoms with E-state index in [9.17, 15) is 4.79 Å². The summed E-state index contributed by atoms with van der Waals surface area (Å²) in [5.41, 5.74) is 0. The summed E-state index contributed by atoms with van der Waals surface area (Å²) in [7, 11) is 0. The van der Waals surface area contributed by atoms with Gasteiger partial charge in [-0.05, 0) is 44.4 Å². The van der Waals surface area contributed by atoms with Crippen LogP contribution in [-0.2, 0) is 9.53 Å². The van der Waals surface area contributed by atoms with Crippen LogP contribution < -0.4 is 5.32 Å². The van der Waals surface area contributed by atoms with Crippen LogP contribution in [0.1, 0.15) is 59.8 Å². The van der Waals surface area contributed by atoms with Crippen molar-refractivity contribution in [1.82, 2.24) is 10.2 Å². The van der Waals surface area contributed by atoms with Gasteiger partial charge in [0.25, 0.3) is 0 Å². The quantitative estimate of drug-likeness (QED) is 0.819. The first-order valence-electron chi connectivity index (χ1n) is 8.70. The molecule has 0 aliphatic carbocycles. The van der Waals surface area contributed by atoms with E-state index >= 15 is 0 Å². The summed E-state index contributed by atoms with van der Waals surface area (Å²) in [6, 6.07) is 0.339. The van der Waals surface area contributed by atoms with Gasteiger partial charge in [0, 0.05) is 19.3 Å². The van der Waals surface area contributed by atoms with Gasteiger partial charge in [-0.1, -0.05) is 27.2 Å². The van der Waals surface area contributed by atoms with E-state index in [4.69, 9.17) is 4.74 Å². The van der Waals surface area contributed by atoms with Crippen molar-refractivity contribution < 1.29 is 9.53 Å². The first-order chi connectivity index (χ1) is 10.0. The minimum atomic E-state index is 0.0174. The Morgan fingerprint density at radius 1 is 1.29 bits per heavy atom. The molecule has 0 saturated carbocycles. The molecule has 122 valence electrons. The fourth-order valence-electron chi connectivity index (χ4n) is 3.76. The molecular formula is C17H32N2O2. The molecule has 0 aromatic carbocycles. The Bertz CT molecular complexity index is 340. The van der Waals surface area contributed by atoms with Crippen LogP contribution in [0, 0.1) is 11.8 Å². The average molecular weight is 296 g/mol. The number of hydrogen-bond acceptors (Lipinski definition) is 3. The van der Waals surface area contributed by atoms with E-state index in [2.05, 4.69) is 37.9 Å². The van der Waals surface area contributed by atoms with Gasteiger partial charge in [-0.3, -0.25) is 10.1 Å². The van der Waals surface area contributed by atoms with Gasteiger partial charge < -0.3 is 9.64 Å². The first kappa shape index (κ1) is 16.8. The maximum Gasteiger partial charge on any atom is 0.241 e. The fraction of sp³-hybridized carbons (Fsp3) is 0.941. The standard InChI is InChI=1S/C17H32N2O2/c1-5-6-16-18-15(11-12(2)3)17(20)19(16)13(4)14-7-9-21-10-8-14/h12-16,18H,5-11H2,1-4H3. The van der Waals surface area contributed by atoms with Crippen molar-refractivity contribution in [3.8, 4) is 0 Å². The van der Waals surface area contributed by atoms with Gasteiger partial charge in [0.15, 0.2) is 0 Å². The second-order valence-corrected chi connectivity index (χ2v) is 7.09. The van der Waals surface area contributed by atoms with Gasteiger partial charge in [0.2, 0.25) is 5.91 Å². The zero-order chi connectivity index (χ0) is 15.4. The lowest BCUT2D eigenvalue weighted by Gasteiger charge is -2.37. The lowest BCUT2D eigenvalue weighted by Crippen LogP contribution is -2.47. The Balaban J connectivity index is 2.07. The van der Waals surface area contributed by atoms with Crippen LogP contribution in [0.5, 0.6) is 0 Å².